The lowest BCUT2D eigenvalue weighted by atomic mass is 9.34. The topological polar surface area (TPSA) is 223 Å². The van der Waals surface area contributed by atoms with E-state index in [0.717, 1.165) is 0 Å². The SMILES string of the molecule is C[C@@]12C(=O)[C@@]3(C)[C@@H]4C[C@@H]([C@H]5C(=O)OC(=O)[C@H]54)[C@@]3(C)C(=O)[C@]1(C)[C@H]1C[C@@H]2[C@@H]2C(=O)CC(=O)[C@@H]21.C[C@@]12C(=O)[C@]3(C)[C@H]4C[C@H]([C@@H]5C(=O)CC(=O)[C@@H]54)[C@]3(C)C(=O)[C@]1(C)[C@@H]1C[C@H]2[C@H]2C(=O)OC(=O)[C@H]21. The first-order valence-electron chi connectivity index (χ1n) is 23.6. The van der Waals surface area contributed by atoms with Crippen LogP contribution in [-0.2, 0) is 67.0 Å². The number of fused-ring (bicyclic) bond motifs is 32. The minimum Gasteiger partial charge on any atom is -0.393 e. The summed E-state index contributed by atoms with van der Waals surface area (Å²) < 4.78 is 9.95. The maximum Gasteiger partial charge on any atom is 0.317 e. The monoisotopic (exact) mass is 876 g/mol. The van der Waals surface area contributed by atoms with E-state index in [9.17, 15) is 57.5 Å². The Bertz CT molecular complexity index is 2110. The van der Waals surface area contributed by atoms with Gasteiger partial charge in [-0.15, -0.1) is 0 Å². The van der Waals surface area contributed by atoms with E-state index in [4.69, 9.17) is 9.47 Å². The summed E-state index contributed by atoms with van der Waals surface area (Å²) in [5.41, 5.74) is -8.63. The molecule has 64 heavy (non-hydrogen) atoms. The number of carbonyl (C=O) groups excluding carboxylic acids is 12. The van der Waals surface area contributed by atoms with Crippen LogP contribution in [0.15, 0.2) is 0 Å². The summed E-state index contributed by atoms with van der Waals surface area (Å²) in [5, 5.41) is 0. The lowest BCUT2D eigenvalue weighted by molar-refractivity contribution is -0.203. The number of carbonyl (C=O) groups is 12. The highest BCUT2D eigenvalue weighted by Gasteiger charge is 2.92. The second-order valence-corrected chi connectivity index (χ2v) is 24.6. The Hall–Kier alpha value is -4.36. The van der Waals surface area contributed by atoms with Gasteiger partial charge in [-0.3, -0.25) is 57.5 Å². The van der Waals surface area contributed by atoms with Crippen molar-refractivity contribution < 1.29 is 67.0 Å². The lowest BCUT2D eigenvalue weighted by Crippen LogP contribution is -2.74. The molecule has 14 heteroatoms. The molecule has 2 aliphatic heterocycles. The molecule has 0 aromatic heterocycles. The minimum atomic E-state index is -1.10. The number of ketones is 8. The first kappa shape index (κ1) is 40.0. The average molecular weight is 877 g/mol. The Morgan fingerprint density at radius 2 is 0.438 bits per heavy atom. The van der Waals surface area contributed by atoms with E-state index in [1.54, 1.807) is 0 Å². The van der Waals surface area contributed by atoms with Gasteiger partial charge in [-0.1, -0.05) is 55.4 Å². The summed E-state index contributed by atoms with van der Waals surface area (Å²) in [4.78, 5) is 160. The van der Waals surface area contributed by atoms with E-state index in [2.05, 4.69) is 0 Å². The quantitative estimate of drug-likeness (QED) is 0.252. The Balaban J connectivity index is 0.000000129. The Labute approximate surface area is 368 Å². The first-order chi connectivity index (χ1) is 29.7. The van der Waals surface area contributed by atoms with E-state index < -0.39 is 138 Å². The highest BCUT2D eigenvalue weighted by Crippen LogP contribution is 2.86. The number of hydrogen-bond acceptors (Lipinski definition) is 14. The highest BCUT2D eigenvalue weighted by atomic mass is 16.6. The molecule has 2 heterocycles. The zero-order valence-electron chi connectivity index (χ0n) is 37.2. The molecule has 14 fully saturated rings. The summed E-state index contributed by atoms with van der Waals surface area (Å²) in [6, 6.07) is 0. The predicted molar refractivity (Wildman–Crippen MR) is 211 cm³/mol. The largest absolute Gasteiger partial charge is 0.393 e. The van der Waals surface area contributed by atoms with Crippen molar-refractivity contribution >= 4 is 70.1 Å². The minimum absolute atomic E-state index is 0.0502. The van der Waals surface area contributed by atoms with Crippen LogP contribution in [0.25, 0.3) is 0 Å². The molecule has 8 bridgehead atoms. The molecule has 2 saturated heterocycles. The summed E-state index contributed by atoms with van der Waals surface area (Å²) >= 11 is 0. The maximum absolute atomic E-state index is 14.6. The van der Waals surface area contributed by atoms with Crippen molar-refractivity contribution in [3.63, 3.8) is 0 Å². The summed E-state index contributed by atoms with van der Waals surface area (Å²) in [6.45, 7) is 14.7. The van der Waals surface area contributed by atoms with Gasteiger partial charge in [0, 0.05) is 67.0 Å². The zero-order valence-corrected chi connectivity index (χ0v) is 37.2. The van der Waals surface area contributed by atoms with Crippen LogP contribution < -0.4 is 0 Å². The van der Waals surface area contributed by atoms with Gasteiger partial charge in [0.25, 0.3) is 0 Å². The molecule has 14 aliphatic rings. The van der Waals surface area contributed by atoms with Crippen molar-refractivity contribution in [2.45, 2.75) is 93.9 Å². The van der Waals surface area contributed by atoms with Crippen LogP contribution in [0.1, 0.15) is 93.9 Å². The maximum atomic E-state index is 14.6. The number of cyclic esters (lactones) is 4. The van der Waals surface area contributed by atoms with Crippen molar-refractivity contribution in [2.75, 3.05) is 0 Å². The third-order valence-corrected chi connectivity index (χ3v) is 24.7. The van der Waals surface area contributed by atoms with Crippen LogP contribution in [0.4, 0.5) is 0 Å². The van der Waals surface area contributed by atoms with Gasteiger partial charge >= 0.3 is 23.9 Å². The molecule has 0 spiro atoms. The number of Topliss-reactive ketones (excluding diaryl/α,β-unsaturated/α-hetero) is 8. The van der Waals surface area contributed by atoms with E-state index >= 15 is 0 Å². The van der Waals surface area contributed by atoms with Gasteiger partial charge in [0.1, 0.15) is 46.3 Å². The Kier molecular flexibility index (Phi) is 6.61. The van der Waals surface area contributed by atoms with E-state index in [1.807, 2.05) is 55.4 Å². The standard InChI is InChI=1S/2C25H26O7/c2*1-22-8-5-9(15-13(27)7-12(26)14(8)15)23(22,2)21(31)25(4)11-6-10(24(25,3)20(22)30)16-17(11)19(29)32-18(16)28/h2*8-11,14-17H,5-7H2,1-4H3/t8-,9+,10-,11+,14-,15+,16+,17-,22-,23+,24+,25-;8-,9+,10-,11+,14-,15+,16+,17-,22-,23+,24-,25+. The van der Waals surface area contributed by atoms with Crippen LogP contribution in [0.2, 0.25) is 0 Å². The molecule has 14 rings (SSSR count). The van der Waals surface area contributed by atoms with E-state index in [0.29, 0.717) is 25.7 Å². The molecule has 12 aliphatic carbocycles. The second-order valence-electron chi connectivity index (χ2n) is 24.6. The smallest absolute Gasteiger partial charge is 0.317 e. The fraction of sp³-hybridized carbons (Fsp3) is 0.760. The molecular formula is C50H52O14. The van der Waals surface area contributed by atoms with E-state index in [1.165, 1.54) is 0 Å². The van der Waals surface area contributed by atoms with Crippen LogP contribution in [0.5, 0.6) is 0 Å². The second kappa shape index (κ2) is 10.6. The molecule has 336 valence electrons. The van der Waals surface area contributed by atoms with Gasteiger partial charge < -0.3 is 9.47 Å². The normalized spacial score (nSPS) is 61.2. The number of rotatable bonds is 0. The average Bonchev–Trinajstić information content (AvgIpc) is 4.11. The molecule has 12 saturated carbocycles. The van der Waals surface area contributed by atoms with E-state index in [-0.39, 0.29) is 82.8 Å². The van der Waals surface area contributed by atoms with Crippen LogP contribution in [0.3, 0.4) is 0 Å². The number of ether oxygens (including phenoxy) is 2. The predicted octanol–water partition coefficient (Wildman–Crippen LogP) is 3.11. The number of esters is 4. The number of hydrogen-bond donors (Lipinski definition) is 0. The van der Waals surface area contributed by atoms with Gasteiger partial charge in [0.2, 0.25) is 0 Å². The van der Waals surface area contributed by atoms with Crippen molar-refractivity contribution in [2.24, 2.45) is 138 Å². The molecule has 24 atom stereocenters. The third-order valence-electron chi connectivity index (χ3n) is 24.7. The Morgan fingerprint density at radius 1 is 0.281 bits per heavy atom. The third kappa shape index (κ3) is 3.22. The first-order valence-corrected chi connectivity index (χ1v) is 23.6. The van der Waals surface area contributed by atoms with Gasteiger partial charge in [-0.05, 0) is 73.0 Å². The van der Waals surface area contributed by atoms with Crippen LogP contribution in [0, 0.1) is 138 Å². The molecular weight excluding hydrogens is 825 g/mol. The molecule has 0 aromatic carbocycles. The van der Waals surface area contributed by atoms with Gasteiger partial charge in [0.05, 0.1) is 36.5 Å². The lowest BCUT2D eigenvalue weighted by Gasteiger charge is -2.65. The summed E-state index contributed by atoms with van der Waals surface area (Å²) in [7, 11) is 0. The molecule has 0 radical (unpaired) electrons. The van der Waals surface area contributed by atoms with Gasteiger partial charge in [-0.2, -0.15) is 0 Å². The van der Waals surface area contributed by atoms with Crippen molar-refractivity contribution in [1.82, 2.24) is 0 Å². The van der Waals surface area contributed by atoms with Gasteiger partial charge in [-0.25, -0.2) is 0 Å². The molecule has 14 nitrogen and oxygen atoms in total. The molecule has 0 amide bonds. The Morgan fingerprint density at radius 3 is 0.609 bits per heavy atom. The van der Waals surface area contributed by atoms with Crippen molar-refractivity contribution in [1.29, 1.82) is 0 Å². The summed E-state index contributed by atoms with van der Waals surface area (Å²) in [5.74, 6) is -10.4. The molecule has 0 N–H and O–H groups in total. The fourth-order valence-electron chi connectivity index (χ4n) is 21.7. The zero-order chi connectivity index (χ0) is 45.8. The summed E-state index contributed by atoms with van der Waals surface area (Å²) in [6.07, 6.45) is 1.83. The van der Waals surface area contributed by atoms with Crippen molar-refractivity contribution in [3.05, 3.63) is 0 Å². The van der Waals surface area contributed by atoms with Crippen LogP contribution in [-0.4, -0.2) is 70.1 Å². The molecule has 0 aromatic rings. The molecule has 0 unspecified atom stereocenters. The van der Waals surface area contributed by atoms with Crippen molar-refractivity contribution in [3.8, 4) is 0 Å². The highest BCUT2D eigenvalue weighted by molar-refractivity contribution is 6.17. The van der Waals surface area contributed by atoms with Crippen LogP contribution >= 0.6 is 0 Å². The fourth-order valence-corrected chi connectivity index (χ4v) is 21.7. The van der Waals surface area contributed by atoms with Gasteiger partial charge in [0.15, 0.2) is 0 Å².